The average Bonchev–Trinajstić information content (AvgIpc) is 3.00. The zero-order valence-electron chi connectivity index (χ0n) is 11.7. The van der Waals surface area contributed by atoms with Crippen LogP contribution in [0.1, 0.15) is 18.4 Å². The first-order chi connectivity index (χ1) is 10.2. The normalized spacial score (nSPS) is 19.7. The van der Waals surface area contributed by atoms with E-state index in [0.29, 0.717) is 11.7 Å². The van der Waals surface area contributed by atoms with Crippen LogP contribution in [-0.4, -0.2) is 18.8 Å². The molecule has 3 rings (SSSR count). The summed E-state index contributed by atoms with van der Waals surface area (Å²) in [5, 5.41) is 5.74. The molecule has 108 valence electrons. The lowest BCUT2D eigenvalue weighted by Crippen LogP contribution is -2.22. The van der Waals surface area contributed by atoms with Crippen molar-refractivity contribution in [3.63, 3.8) is 0 Å². The summed E-state index contributed by atoms with van der Waals surface area (Å²) in [5.41, 5.74) is 7.81. The van der Waals surface area contributed by atoms with E-state index in [-0.39, 0.29) is 0 Å². The van der Waals surface area contributed by atoms with Crippen LogP contribution in [0.25, 0.3) is 16.5 Å². The van der Waals surface area contributed by atoms with E-state index in [0.717, 1.165) is 23.0 Å². The Labute approximate surface area is 133 Å². The summed E-state index contributed by atoms with van der Waals surface area (Å²) >= 11 is 3.49. The number of hydrogen-bond acceptors (Lipinski definition) is 3. The Bertz CT molecular complexity index is 700. The predicted octanol–water partition coefficient (Wildman–Crippen LogP) is 3.68. The molecule has 2 aromatic rings. The molecule has 1 saturated heterocycles. The third kappa shape index (κ3) is 3.52. The van der Waals surface area contributed by atoms with Crippen LogP contribution in [0.2, 0.25) is 0 Å². The molecule has 3 N–H and O–H groups in total. The van der Waals surface area contributed by atoms with Crippen molar-refractivity contribution in [2.45, 2.75) is 18.9 Å². The van der Waals surface area contributed by atoms with Gasteiger partial charge in [0, 0.05) is 16.7 Å². The van der Waals surface area contributed by atoms with Crippen molar-refractivity contribution >= 4 is 38.6 Å². The smallest absolute Gasteiger partial charge is 0.0573 e. The summed E-state index contributed by atoms with van der Waals surface area (Å²) < 4.78 is 1.08. The first kappa shape index (κ1) is 14.3. The minimum absolute atomic E-state index is 0.392. The fourth-order valence-corrected chi connectivity index (χ4v) is 2.92. The van der Waals surface area contributed by atoms with Crippen LogP contribution in [0.15, 0.2) is 52.1 Å². The maximum Gasteiger partial charge on any atom is 0.0573 e. The van der Waals surface area contributed by atoms with E-state index in [1.165, 1.54) is 17.2 Å². The van der Waals surface area contributed by atoms with Gasteiger partial charge in [0.15, 0.2) is 0 Å². The second kappa shape index (κ2) is 6.41. The Morgan fingerprint density at radius 3 is 2.86 bits per heavy atom. The monoisotopic (exact) mass is 343 g/mol. The van der Waals surface area contributed by atoms with Gasteiger partial charge in [-0.2, -0.15) is 0 Å². The summed E-state index contributed by atoms with van der Waals surface area (Å²) in [4.78, 5) is 4.34. The molecule has 0 unspecified atom stereocenters. The van der Waals surface area contributed by atoms with Crippen LogP contribution in [-0.2, 0) is 0 Å². The molecule has 0 saturated carbocycles. The molecule has 0 radical (unpaired) electrons. The van der Waals surface area contributed by atoms with Gasteiger partial charge >= 0.3 is 0 Å². The minimum Gasteiger partial charge on any atom is -0.397 e. The Morgan fingerprint density at radius 1 is 1.24 bits per heavy atom. The fourth-order valence-electron chi connectivity index (χ4n) is 2.54. The topological polar surface area (TPSA) is 50.4 Å². The lowest BCUT2D eigenvalue weighted by molar-refractivity contribution is 0.774. The maximum absolute atomic E-state index is 6.12. The van der Waals surface area contributed by atoms with Crippen LogP contribution >= 0.6 is 15.9 Å². The molecule has 2 aromatic carbocycles. The summed E-state index contributed by atoms with van der Waals surface area (Å²) in [5.74, 6) is 0. The van der Waals surface area contributed by atoms with Gasteiger partial charge in [-0.05, 0) is 53.9 Å². The third-order valence-electron chi connectivity index (χ3n) is 3.71. The van der Waals surface area contributed by atoms with Gasteiger partial charge in [-0.1, -0.05) is 34.1 Å². The van der Waals surface area contributed by atoms with Gasteiger partial charge < -0.3 is 11.1 Å². The van der Waals surface area contributed by atoms with Crippen molar-refractivity contribution in [2.24, 2.45) is 10.7 Å². The van der Waals surface area contributed by atoms with E-state index >= 15 is 0 Å². The molecule has 0 spiro atoms. The standard InChI is InChI=1S/C17H18BrN3/c18-15-6-5-12-8-14(4-3-13(12)9-15)17(19)11-20-10-16-2-1-7-21-16/h3-6,8-11,16,21H,1-2,7,19H2/b17-11-,20-10?/t16-/m0/s1. The largest absolute Gasteiger partial charge is 0.397 e. The van der Waals surface area contributed by atoms with Crippen LogP contribution in [0.4, 0.5) is 0 Å². The lowest BCUT2D eigenvalue weighted by Gasteiger charge is -2.04. The Balaban J connectivity index is 1.80. The van der Waals surface area contributed by atoms with Gasteiger partial charge in [0.25, 0.3) is 0 Å². The number of benzene rings is 2. The summed E-state index contributed by atoms with van der Waals surface area (Å²) in [6.45, 7) is 1.08. The van der Waals surface area contributed by atoms with Gasteiger partial charge in [-0.15, -0.1) is 0 Å². The number of fused-ring (bicyclic) bond motifs is 1. The van der Waals surface area contributed by atoms with Gasteiger partial charge in [0.05, 0.1) is 11.9 Å². The predicted molar refractivity (Wildman–Crippen MR) is 93.3 cm³/mol. The van der Waals surface area contributed by atoms with Crippen LogP contribution < -0.4 is 11.1 Å². The SMILES string of the molecule is N/C(=C\N=C[C@@H]1CCCN1)c1ccc2cc(Br)ccc2c1. The number of nitrogens with zero attached hydrogens (tertiary/aromatic N) is 1. The molecule has 0 aromatic heterocycles. The Kier molecular flexibility index (Phi) is 4.36. The quantitative estimate of drug-likeness (QED) is 0.835. The van der Waals surface area contributed by atoms with E-state index in [1.807, 2.05) is 18.3 Å². The number of halogens is 1. The molecule has 0 bridgehead atoms. The minimum atomic E-state index is 0.392. The second-order valence-electron chi connectivity index (χ2n) is 5.29. The molecule has 0 aliphatic carbocycles. The highest BCUT2D eigenvalue weighted by molar-refractivity contribution is 9.10. The second-order valence-corrected chi connectivity index (χ2v) is 6.21. The van der Waals surface area contributed by atoms with Crippen LogP contribution in [0.5, 0.6) is 0 Å². The molecule has 0 amide bonds. The summed E-state index contributed by atoms with van der Waals surface area (Å²) in [7, 11) is 0. The van der Waals surface area contributed by atoms with Crippen molar-refractivity contribution in [2.75, 3.05) is 6.54 Å². The van der Waals surface area contributed by atoms with Crippen molar-refractivity contribution in [1.29, 1.82) is 0 Å². The number of nitrogens with one attached hydrogen (secondary N) is 1. The maximum atomic E-state index is 6.12. The van der Waals surface area contributed by atoms with Crippen molar-refractivity contribution in [3.8, 4) is 0 Å². The van der Waals surface area contributed by atoms with Crippen LogP contribution in [0.3, 0.4) is 0 Å². The highest BCUT2D eigenvalue weighted by Crippen LogP contribution is 2.22. The zero-order valence-corrected chi connectivity index (χ0v) is 13.3. The van der Waals surface area contributed by atoms with E-state index in [1.54, 1.807) is 6.20 Å². The molecule has 1 atom stereocenters. The number of nitrogens with two attached hydrogens (primary N) is 1. The van der Waals surface area contributed by atoms with Gasteiger partial charge in [0.2, 0.25) is 0 Å². The molecule has 1 aliphatic rings. The van der Waals surface area contributed by atoms with Gasteiger partial charge in [-0.25, -0.2) is 0 Å². The average molecular weight is 344 g/mol. The molecule has 1 fully saturated rings. The molecule has 3 nitrogen and oxygen atoms in total. The molecule has 4 heteroatoms. The molecular formula is C17H18BrN3. The fraction of sp³-hybridized carbons (Fsp3) is 0.235. The van der Waals surface area contributed by atoms with Crippen molar-refractivity contribution in [3.05, 3.63) is 52.6 Å². The highest BCUT2D eigenvalue weighted by atomic mass is 79.9. The summed E-state index contributed by atoms with van der Waals surface area (Å²) in [6.07, 6.45) is 6.05. The van der Waals surface area contributed by atoms with E-state index in [2.05, 4.69) is 50.5 Å². The number of rotatable bonds is 3. The lowest BCUT2D eigenvalue weighted by atomic mass is 10.1. The number of hydrogen-bond donors (Lipinski definition) is 2. The number of aliphatic imine (C=N–C) groups is 1. The molecule has 1 aliphatic heterocycles. The highest BCUT2D eigenvalue weighted by Gasteiger charge is 2.10. The molecule has 21 heavy (non-hydrogen) atoms. The van der Waals surface area contributed by atoms with E-state index in [9.17, 15) is 0 Å². The van der Waals surface area contributed by atoms with Gasteiger partial charge in [0.1, 0.15) is 0 Å². The zero-order chi connectivity index (χ0) is 14.7. The van der Waals surface area contributed by atoms with Crippen molar-refractivity contribution < 1.29 is 0 Å². The third-order valence-corrected chi connectivity index (χ3v) is 4.21. The van der Waals surface area contributed by atoms with E-state index in [4.69, 9.17) is 5.73 Å². The molecular weight excluding hydrogens is 326 g/mol. The first-order valence-corrected chi connectivity index (χ1v) is 7.94. The van der Waals surface area contributed by atoms with Gasteiger partial charge in [-0.3, -0.25) is 4.99 Å². The van der Waals surface area contributed by atoms with E-state index < -0.39 is 0 Å². The first-order valence-electron chi connectivity index (χ1n) is 7.14. The van der Waals surface area contributed by atoms with Crippen molar-refractivity contribution in [1.82, 2.24) is 5.32 Å². The van der Waals surface area contributed by atoms with Crippen LogP contribution in [0, 0.1) is 0 Å². The Morgan fingerprint density at radius 2 is 2.05 bits per heavy atom. The Hall–Kier alpha value is -1.65. The summed E-state index contributed by atoms with van der Waals surface area (Å²) in [6, 6.07) is 12.8. The molecule has 1 heterocycles.